The average Bonchev–Trinajstić information content (AvgIpc) is 3.42. The second-order valence-electron chi connectivity index (χ2n) is 14.6. The summed E-state index contributed by atoms with van der Waals surface area (Å²) in [5.41, 5.74) is 3.31. The number of carbonyl (C=O) groups is 1. The zero-order valence-electron chi connectivity index (χ0n) is 29.1. The monoisotopic (exact) mass is 658 g/mol. The zero-order valence-corrected chi connectivity index (χ0v) is 29.1. The number of halogens is 1. The van der Waals surface area contributed by atoms with Gasteiger partial charge in [-0.2, -0.15) is 0 Å². The lowest BCUT2D eigenvalue weighted by molar-refractivity contribution is -0.160. The van der Waals surface area contributed by atoms with Crippen LogP contribution in [0, 0.1) is 19.7 Å². The lowest BCUT2D eigenvalue weighted by Crippen LogP contribution is -2.45. The molecule has 6 bridgehead atoms. The predicted octanol–water partition coefficient (Wildman–Crippen LogP) is 8.09. The second kappa shape index (κ2) is 13.1. The molecule has 2 unspecified atom stereocenters. The molecule has 2 aromatic carbocycles. The summed E-state index contributed by atoms with van der Waals surface area (Å²) in [6.45, 7) is 15.4. The molecular formula is C38H47FN4O5. The van der Waals surface area contributed by atoms with Crippen LogP contribution in [0.4, 0.5) is 10.2 Å². The van der Waals surface area contributed by atoms with Gasteiger partial charge in [0.05, 0.1) is 39.8 Å². The number of imidazole rings is 1. The molecule has 0 amide bonds. The molecule has 5 heterocycles. The maximum absolute atomic E-state index is 15.7. The molecule has 10 heteroatoms. The van der Waals surface area contributed by atoms with Gasteiger partial charge in [0.25, 0.3) is 0 Å². The van der Waals surface area contributed by atoms with Crippen molar-refractivity contribution in [1.82, 2.24) is 14.4 Å². The highest BCUT2D eigenvalue weighted by atomic mass is 19.1. The van der Waals surface area contributed by atoms with Crippen molar-refractivity contribution in [2.45, 2.75) is 104 Å². The van der Waals surface area contributed by atoms with Gasteiger partial charge in [0, 0.05) is 31.5 Å². The van der Waals surface area contributed by atoms with Gasteiger partial charge in [-0.1, -0.05) is 18.2 Å². The van der Waals surface area contributed by atoms with Crippen molar-refractivity contribution in [2.75, 3.05) is 24.6 Å². The lowest BCUT2D eigenvalue weighted by Gasteiger charge is -2.41. The molecule has 256 valence electrons. The molecule has 1 N–H and O–H groups in total. The molecule has 9 nitrogen and oxygen atoms in total. The second-order valence-corrected chi connectivity index (χ2v) is 14.6. The van der Waals surface area contributed by atoms with Crippen LogP contribution in [-0.2, 0) is 14.3 Å². The predicted molar refractivity (Wildman–Crippen MR) is 184 cm³/mol. The Hall–Kier alpha value is -4.02. The molecule has 1 saturated heterocycles. The molecule has 2 atom stereocenters. The van der Waals surface area contributed by atoms with Gasteiger partial charge in [-0.25, -0.2) is 19.2 Å². The first kappa shape index (κ1) is 33.9. The largest absolute Gasteiger partial charge is 0.490 e. The summed E-state index contributed by atoms with van der Waals surface area (Å²) in [6.07, 6.45) is 4.73. The van der Waals surface area contributed by atoms with Crippen molar-refractivity contribution >= 4 is 17.6 Å². The number of carboxylic acids is 1. The highest BCUT2D eigenvalue weighted by molar-refractivity contribution is 5.80. The summed E-state index contributed by atoms with van der Waals surface area (Å²) in [5.74, 6) is 0.233. The van der Waals surface area contributed by atoms with Crippen LogP contribution in [0.2, 0.25) is 0 Å². The minimum Gasteiger partial charge on any atom is -0.490 e. The van der Waals surface area contributed by atoms with E-state index in [2.05, 4.69) is 11.8 Å². The smallest absolute Gasteiger partial charge is 0.337 e. The average molecular weight is 659 g/mol. The van der Waals surface area contributed by atoms with Gasteiger partial charge in [-0.05, 0) is 110 Å². The van der Waals surface area contributed by atoms with E-state index in [1.807, 2.05) is 82.5 Å². The number of piperidine rings is 1. The van der Waals surface area contributed by atoms with Crippen LogP contribution in [0.15, 0.2) is 42.6 Å². The number of hydrogen-bond donors (Lipinski definition) is 1. The van der Waals surface area contributed by atoms with E-state index in [1.165, 1.54) is 6.07 Å². The van der Waals surface area contributed by atoms with Crippen LogP contribution in [-0.4, -0.2) is 62.4 Å². The fourth-order valence-corrected chi connectivity index (χ4v) is 6.84. The van der Waals surface area contributed by atoms with E-state index in [0.29, 0.717) is 65.1 Å². The van der Waals surface area contributed by atoms with Crippen molar-refractivity contribution < 1.29 is 28.5 Å². The molecule has 0 saturated carbocycles. The lowest BCUT2D eigenvalue weighted by atomic mass is 9.92. The Labute approximate surface area is 282 Å². The quantitative estimate of drug-likeness (QED) is 0.236. The van der Waals surface area contributed by atoms with E-state index < -0.39 is 17.7 Å². The number of aromatic nitrogens is 3. The number of aryl methyl sites for hydroxylation is 2. The Balaban J connectivity index is 1.55. The van der Waals surface area contributed by atoms with Gasteiger partial charge in [0.2, 0.25) is 5.78 Å². The van der Waals surface area contributed by atoms with E-state index in [4.69, 9.17) is 24.2 Å². The third kappa shape index (κ3) is 7.05. The number of aliphatic carboxylic acids is 1. The van der Waals surface area contributed by atoms with E-state index in [9.17, 15) is 9.90 Å². The number of anilines is 1. The first-order chi connectivity index (χ1) is 22.7. The van der Waals surface area contributed by atoms with Crippen molar-refractivity contribution in [3.63, 3.8) is 0 Å². The maximum atomic E-state index is 15.7. The summed E-state index contributed by atoms with van der Waals surface area (Å²) in [5, 5.41) is 10.5. The molecule has 0 aliphatic carbocycles. The first-order valence-corrected chi connectivity index (χ1v) is 17.0. The SMILES string of the molecule is Cc1cc(F)c2c(c1)OC(C)CCCCOC1(C)CCN(CC1)c1c(C(OC(C)(C)C)C(=O)O)c(C)nc3nc(cn13)-c1cccc-2c1. The normalized spacial score (nSPS) is 21.2. The van der Waals surface area contributed by atoms with Crippen molar-refractivity contribution in [3.8, 4) is 28.1 Å². The molecule has 3 aliphatic rings. The van der Waals surface area contributed by atoms with Crippen molar-refractivity contribution in [2.24, 2.45) is 0 Å². The Kier molecular flexibility index (Phi) is 9.26. The number of benzene rings is 2. The first-order valence-electron chi connectivity index (χ1n) is 17.0. The standard InChI is InChI=1S/C38H47FN4O5/c1-23-19-28(39)32-27-13-10-12-26(21-27)29-22-43-34(31(25(3)40-36(43)41-29)33(35(44)45)48-37(4,5)6)42-16-14-38(7,15-17-42)46-18-9-8-11-24(2)47-30(32)20-23/h10,12-13,19-22,24,33H,8-9,11,14-18H2,1-7H3,(H,44,45). The van der Waals surface area contributed by atoms with Crippen LogP contribution in [0.3, 0.4) is 0 Å². The number of fused-ring (bicyclic) bond motifs is 8. The van der Waals surface area contributed by atoms with Crippen LogP contribution >= 0.6 is 0 Å². The summed E-state index contributed by atoms with van der Waals surface area (Å²) in [7, 11) is 0. The minimum atomic E-state index is -1.24. The Morgan fingerprint density at radius 1 is 1.10 bits per heavy atom. The molecule has 0 spiro atoms. The van der Waals surface area contributed by atoms with Gasteiger partial charge >= 0.3 is 5.97 Å². The van der Waals surface area contributed by atoms with Crippen LogP contribution in [0.25, 0.3) is 28.2 Å². The Bertz CT molecular complexity index is 1820. The fourth-order valence-electron chi connectivity index (χ4n) is 6.84. The van der Waals surface area contributed by atoms with Crippen molar-refractivity contribution in [3.05, 3.63) is 65.2 Å². The number of ether oxygens (including phenoxy) is 3. The van der Waals surface area contributed by atoms with Crippen LogP contribution < -0.4 is 9.64 Å². The van der Waals surface area contributed by atoms with Gasteiger partial charge in [-0.3, -0.25) is 4.40 Å². The molecule has 4 aromatic rings. The van der Waals surface area contributed by atoms with Crippen LogP contribution in [0.5, 0.6) is 5.75 Å². The molecule has 2 aromatic heterocycles. The Morgan fingerprint density at radius 2 is 1.83 bits per heavy atom. The number of hydrogen-bond acceptors (Lipinski definition) is 7. The van der Waals surface area contributed by atoms with Gasteiger partial charge in [0.1, 0.15) is 17.4 Å². The summed E-state index contributed by atoms with van der Waals surface area (Å²) in [4.78, 5) is 24.8. The Morgan fingerprint density at radius 3 is 2.54 bits per heavy atom. The third-order valence-electron chi connectivity index (χ3n) is 9.32. The highest BCUT2D eigenvalue weighted by Gasteiger charge is 2.37. The summed E-state index contributed by atoms with van der Waals surface area (Å²) in [6, 6.07) is 11.1. The van der Waals surface area contributed by atoms with Crippen LogP contribution in [0.1, 0.15) is 89.6 Å². The fraction of sp³-hybridized carbons (Fsp3) is 0.500. The molecular weight excluding hydrogens is 611 g/mol. The van der Waals surface area contributed by atoms with Gasteiger partial charge < -0.3 is 24.2 Å². The molecule has 7 rings (SSSR count). The zero-order chi connectivity index (χ0) is 34.4. The van der Waals surface area contributed by atoms with Gasteiger partial charge in [-0.15, -0.1) is 0 Å². The molecule has 0 radical (unpaired) electrons. The van der Waals surface area contributed by atoms with E-state index in [1.54, 1.807) is 0 Å². The number of nitrogens with zero attached hydrogens (tertiary/aromatic N) is 4. The van der Waals surface area contributed by atoms with Crippen molar-refractivity contribution in [1.29, 1.82) is 0 Å². The number of carboxylic acid groups (broad SMARTS) is 1. The molecule has 3 aliphatic heterocycles. The van der Waals surface area contributed by atoms with E-state index >= 15 is 4.39 Å². The highest BCUT2D eigenvalue weighted by Crippen LogP contribution is 2.40. The summed E-state index contributed by atoms with van der Waals surface area (Å²) < 4.78 is 36.7. The molecule has 48 heavy (non-hydrogen) atoms. The topological polar surface area (TPSA) is 98.4 Å². The van der Waals surface area contributed by atoms with E-state index in [-0.39, 0.29) is 17.5 Å². The maximum Gasteiger partial charge on any atom is 0.337 e. The summed E-state index contributed by atoms with van der Waals surface area (Å²) >= 11 is 0. The third-order valence-corrected chi connectivity index (χ3v) is 9.32. The van der Waals surface area contributed by atoms with E-state index in [0.717, 1.165) is 43.2 Å². The van der Waals surface area contributed by atoms with Gasteiger partial charge in [0.15, 0.2) is 6.10 Å². The molecule has 1 fully saturated rings. The number of rotatable bonds is 3. The minimum absolute atomic E-state index is 0.102.